The van der Waals surface area contributed by atoms with E-state index in [0.29, 0.717) is 0 Å². The van der Waals surface area contributed by atoms with Gasteiger partial charge in [0.2, 0.25) is 0 Å². The maximum absolute atomic E-state index is 9.10. The van der Waals surface area contributed by atoms with E-state index >= 15 is 0 Å². The van der Waals surface area contributed by atoms with Gasteiger partial charge in [-0.1, -0.05) is 0 Å². The standard InChI is InChI=1S/C2H2O4.Cu.2NO3/c3-1(4)2(5)6;;2*2-1(3)4/h(H,3,4)(H,5,6);;;/q;+2;2*-1. The summed E-state index contributed by atoms with van der Waals surface area (Å²) in [5.41, 5.74) is 0. The van der Waals surface area contributed by atoms with Gasteiger partial charge in [-0.2, -0.15) is 0 Å². The van der Waals surface area contributed by atoms with Gasteiger partial charge in [-0.25, -0.2) is 9.59 Å². The summed E-state index contributed by atoms with van der Waals surface area (Å²) in [6.45, 7) is 0. The number of hydrogen-bond acceptors (Lipinski definition) is 8. The quantitative estimate of drug-likeness (QED) is 0.231. The van der Waals surface area contributed by atoms with Gasteiger partial charge in [0, 0.05) is 0 Å². The van der Waals surface area contributed by atoms with E-state index in [2.05, 4.69) is 0 Å². The fourth-order valence-electron chi connectivity index (χ4n) is 0. The minimum Gasteiger partial charge on any atom is -0.473 e. The van der Waals surface area contributed by atoms with Crippen molar-refractivity contribution in [3.8, 4) is 0 Å². The molecule has 1 radical (unpaired) electrons. The molecule has 0 aromatic heterocycles. The van der Waals surface area contributed by atoms with Crippen LogP contribution < -0.4 is 0 Å². The predicted molar refractivity (Wildman–Crippen MR) is 36.0 cm³/mol. The van der Waals surface area contributed by atoms with Gasteiger partial charge >= 0.3 is 29.0 Å². The van der Waals surface area contributed by atoms with Crippen molar-refractivity contribution in [1.82, 2.24) is 0 Å². The second-order valence-corrected chi connectivity index (χ2v) is 1.06. The third-order valence-electron chi connectivity index (χ3n) is 0.183. The molecule has 0 unspecified atom stereocenters. The monoisotopic (exact) mass is 277 g/mol. The molecule has 0 spiro atoms. The van der Waals surface area contributed by atoms with E-state index in [-0.39, 0.29) is 17.1 Å². The van der Waals surface area contributed by atoms with Crippen LogP contribution in [0.3, 0.4) is 0 Å². The summed E-state index contributed by atoms with van der Waals surface area (Å²) in [6.07, 6.45) is 0. The second kappa shape index (κ2) is 14.4. The molecular weight excluding hydrogens is 276 g/mol. The van der Waals surface area contributed by atoms with Crippen LogP contribution in [0.15, 0.2) is 0 Å². The second-order valence-electron chi connectivity index (χ2n) is 1.06. The van der Waals surface area contributed by atoms with Crippen LogP contribution in [-0.2, 0) is 26.7 Å². The average molecular weight is 278 g/mol. The smallest absolute Gasteiger partial charge is 0.473 e. The van der Waals surface area contributed by atoms with Crippen molar-refractivity contribution in [3.63, 3.8) is 0 Å². The van der Waals surface area contributed by atoms with Crippen molar-refractivity contribution in [2.45, 2.75) is 0 Å². The maximum atomic E-state index is 9.10. The van der Waals surface area contributed by atoms with Crippen molar-refractivity contribution in [2.75, 3.05) is 0 Å². The minimum atomic E-state index is -1.82. The molecule has 91 valence electrons. The van der Waals surface area contributed by atoms with Crippen LogP contribution in [0.2, 0.25) is 0 Å². The van der Waals surface area contributed by atoms with Crippen LogP contribution in [0.5, 0.6) is 0 Å². The van der Waals surface area contributed by atoms with Crippen LogP contribution in [-0.4, -0.2) is 32.3 Å². The van der Waals surface area contributed by atoms with Crippen molar-refractivity contribution >= 4 is 11.9 Å². The number of nitrogens with zero attached hydrogens (tertiary/aromatic N) is 2. The molecule has 15 heavy (non-hydrogen) atoms. The molecule has 0 rings (SSSR count). The fourth-order valence-corrected chi connectivity index (χ4v) is 0. The van der Waals surface area contributed by atoms with Gasteiger partial charge in [-0.3, -0.25) is 0 Å². The van der Waals surface area contributed by atoms with Gasteiger partial charge < -0.3 is 40.9 Å². The number of rotatable bonds is 0. The summed E-state index contributed by atoms with van der Waals surface area (Å²) in [7, 11) is 0. The first kappa shape index (κ1) is 23.0. The largest absolute Gasteiger partial charge is 2.00 e. The van der Waals surface area contributed by atoms with E-state index in [4.69, 9.17) is 50.4 Å². The van der Waals surface area contributed by atoms with E-state index in [1.807, 2.05) is 0 Å². The summed E-state index contributed by atoms with van der Waals surface area (Å²) in [4.78, 5) is 34.7. The zero-order valence-electron chi connectivity index (χ0n) is 6.36. The molecule has 0 aliphatic carbocycles. The third-order valence-corrected chi connectivity index (χ3v) is 0.183. The van der Waals surface area contributed by atoms with Crippen LogP contribution in [0.4, 0.5) is 0 Å². The van der Waals surface area contributed by atoms with Gasteiger partial charge in [0.1, 0.15) is 0 Å². The molecule has 13 heteroatoms. The number of aliphatic carboxylic acids is 2. The predicted octanol–water partition coefficient (Wildman–Crippen LogP) is -1.33. The minimum absolute atomic E-state index is 0. The van der Waals surface area contributed by atoms with E-state index < -0.39 is 22.1 Å². The molecule has 0 saturated heterocycles. The molecule has 0 bridgehead atoms. The molecule has 0 fully saturated rings. The Kier molecular flexibility index (Phi) is 22.1. The molecule has 0 atom stereocenters. The van der Waals surface area contributed by atoms with E-state index in [1.54, 1.807) is 0 Å². The molecule has 0 aromatic carbocycles. The van der Waals surface area contributed by atoms with Crippen LogP contribution in [0.1, 0.15) is 0 Å². The van der Waals surface area contributed by atoms with Crippen molar-refractivity contribution in [3.05, 3.63) is 30.6 Å². The Morgan fingerprint density at radius 1 is 0.800 bits per heavy atom. The molecule has 0 aliphatic rings. The zero-order chi connectivity index (χ0) is 12.3. The van der Waals surface area contributed by atoms with Gasteiger partial charge in [0.05, 0.1) is 10.2 Å². The molecule has 0 aromatic rings. The molecule has 0 aliphatic heterocycles. The summed E-state index contributed by atoms with van der Waals surface area (Å²) >= 11 is 0. The summed E-state index contributed by atoms with van der Waals surface area (Å²) < 4.78 is 0. The maximum Gasteiger partial charge on any atom is 2.00 e. The first-order valence-corrected chi connectivity index (χ1v) is 2.20. The Hall–Kier alpha value is -2.14. The number of carboxylic acid groups (broad SMARTS) is 2. The van der Waals surface area contributed by atoms with Gasteiger partial charge in [0.25, 0.3) is 0 Å². The Morgan fingerprint density at radius 3 is 0.867 bits per heavy atom. The van der Waals surface area contributed by atoms with E-state index in [9.17, 15) is 0 Å². The SMILES string of the molecule is O=C(O)C(=O)O.O=[N+]([O-])[O-].O=[N+]([O-])[O-].[Cu+2]. The number of carboxylic acids is 2. The Balaban J connectivity index is -0.0000000606. The van der Waals surface area contributed by atoms with Crippen LogP contribution >= 0.6 is 0 Å². The van der Waals surface area contributed by atoms with E-state index in [0.717, 1.165) is 0 Å². The first-order valence-electron chi connectivity index (χ1n) is 2.20. The Labute approximate surface area is 90.4 Å². The Morgan fingerprint density at radius 2 is 0.867 bits per heavy atom. The van der Waals surface area contributed by atoms with Gasteiger partial charge in [-0.15, -0.1) is 0 Å². The molecule has 0 heterocycles. The van der Waals surface area contributed by atoms with Crippen molar-refractivity contribution in [2.24, 2.45) is 0 Å². The van der Waals surface area contributed by atoms with Crippen molar-refractivity contribution in [1.29, 1.82) is 0 Å². The molecular formula is C2H2CuN2O10. The molecule has 0 amide bonds. The number of hydrogen-bond donors (Lipinski definition) is 2. The summed E-state index contributed by atoms with van der Waals surface area (Å²) in [5.74, 6) is -3.65. The summed E-state index contributed by atoms with van der Waals surface area (Å²) in [6, 6.07) is 0. The third kappa shape index (κ3) is 333. The van der Waals surface area contributed by atoms with Gasteiger partial charge in [-0.05, 0) is 0 Å². The van der Waals surface area contributed by atoms with E-state index in [1.165, 1.54) is 0 Å². The first-order chi connectivity index (χ1) is 6.11. The molecule has 0 saturated carbocycles. The topological polar surface area (TPSA) is 207 Å². The van der Waals surface area contributed by atoms with Crippen molar-refractivity contribution < 1.29 is 47.0 Å². The molecule has 12 nitrogen and oxygen atoms in total. The van der Waals surface area contributed by atoms with Gasteiger partial charge in [0.15, 0.2) is 0 Å². The normalized spacial score (nSPS) is 6.13. The number of carbonyl (C=O) groups is 2. The Bertz CT molecular complexity index is 193. The fraction of sp³-hybridized carbons (Fsp3) is 0. The van der Waals surface area contributed by atoms with Crippen LogP contribution in [0, 0.1) is 30.6 Å². The zero-order valence-corrected chi connectivity index (χ0v) is 7.30. The average Bonchev–Trinajstić information content (AvgIpc) is 1.83. The summed E-state index contributed by atoms with van der Waals surface area (Å²) in [5, 5.41) is 44.3. The molecule has 2 N–H and O–H groups in total. The van der Waals surface area contributed by atoms with Crippen LogP contribution in [0.25, 0.3) is 0 Å².